The second-order valence-electron chi connectivity index (χ2n) is 17.6. The van der Waals surface area contributed by atoms with E-state index in [9.17, 15) is 57.8 Å². The molecule has 0 bridgehead atoms. The number of nitrogens with two attached hydrogens (primary N) is 6. The molecule has 408 valence electrons. The van der Waals surface area contributed by atoms with Crippen LogP contribution in [-0.4, -0.2) is 160 Å². The van der Waals surface area contributed by atoms with Gasteiger partial charge >= 0.3 is 0 Å². The van der Waals surface area contributed by atoms with Gasteiger partial charge in [-0.2, -0.15) is 0 Å². The summed E-state index contributed by atoms with van der Waals surface area (Å²) in [6.07, 6.45) is -1.45. The molecule has 2 aromatic rings. The molecule has 29 heteroatoms. The maximum atomic E-state index is 14.6. The zero-order valence-corrected chi connectivity index (χ0v) is 42.5. The lowest BCUT2D eigenvalue weighted by atomic mass is 10.0. The van der Waals surface area contributed by atoms with Crippen molar-refractivity contribution in [3.8, 4) is 5.75 Å². The molecule has 11 amide bonds. The number of phenolic OH excluding ortho intramolecular Hbond substituents is 1. The number of aliphatic imine (C=N–C) groups is 1. The number of rotatable bonds is 19. The number of hydrogen-bond acceptors (Lipinski definition) is 16. The summed E-state index contributed by atoms with van der Waals surface area (Å²) in [5.74, 6) is -10.6. The lowest BCUT2D eigenvalue weighted by molar-refractivity contribution is -0.142. The molecule has 75 heavy (non-hydrogen) atoms. The Bertz CT molecular complexity index is 2430. The minimum Gasteiger partial charge on any atom is -0.508 e. The van der Waals surface area contributed by atoms with Crippen LogP contribution < -0.4 is 71.6 Å². The fourth-order valence-electron chi connectivity index (χ4n) is 7.85. The number of carbonyl (C=O) groups is 11. The smallest absolute Gasteiger partial charge is 0.246 e. The number of aromatic hydroxyl groups is 1. The number of nitrogens with zero attached hydrogens (tertiary/aromatic N) is 2. The summed E-state index contributed by atoms with van der Waals surface area (Å²) < 4.78 is 0. The van der Waals surface area contributed by atoms with Gasteiger partial charge in [-0.25, -0.2) is 0 Å². The third-order valence-corrected chi connectivity index (χ3v) is 14.1. The van der Waals surface area contributed by atoms with Crippen molar-refractivity contribution in [3.63, 3.8) is 0 Å². The van der Waals surface area contributed by atoms with Crippen LogP contribution in [0.1, 0.15) is 56.1 Å². The number of hydrogen-bond donors (Lipinski definition) is 14. The number of primary amides is 3. The summed E-state index contributed by atoms with van der Waals surface area (Å²) in [6, 6.07) is 2.82. The van der Waals surface area contributed by atoms with Gasteiger partial charge in [0.1, 0.15) is 48.0 Å². The fraction of sp³-hybridized carbons (Fsp3) is 0.478. The first-order valence-corrected chi connectivity index (χ1v) is 26.2. The van der Waals surface area contributed by atoms with Gasteiger partial charge in [-0.3, -0.25) is 57.7 Å². The fourth-order valence-corrected chi connectivity index (χ4v) is 10.1. The van der Waals surface area contributed by atoms with Gasteiger partial charge in [0.15, 0.2) is 5.96 Å². The Morgan fingerprint density at radius 3 is 1.96 bits per heavy atom. The molecule has 8 atom stereocenters. The Morgan fingerprint density at radius 1 is 0.720 bits per heavy atom. The molecule has 0 spiro atoms. The van der Waals surface area contributed by atoms with Crippen LogP contribution in [0.2, 0.25) is 0 Å². The third kappa shape index (κ3) is 20.3. The van der Waals surface area contributed by atoms with E-state index < -0.39 is 139 Å². The van der Waals surface area contributed by atoms with Crippen molar-refractivity contribution in [2.75, 3.05) is 31.1 Å². The number of likely N-dealkylation sites (tertiary alicyclic amines) is 1. The number of phenols is 1. The molecule has 2 fully saturated rings. The van der Waals surface area contributed by atoms with Gasteiger partial charge in [0.2, 0.25) is 65.0 Å². The van der Waals surface area contributed by atoms with E-state index in [1.165, 1.54) is 23.1 Å². The molecule has 20 N–H and O–H groups in total. The molecule has 0 aromatic heterocycles. The average Bonchev–Trinajstić information content (AvgIpc) is 3.85. The molecule has 0 unspecified atom stereocenters. The molecule has 2 saturated heterocycles. The first kappa shape index (κ1) is 59.9. The van der Waals surface area contributed by atoms with Crippen LogP contribution in [0.5, 0.6) is 5.75 Å². The average molecular weight is 1080 g/mol. The van der Waals surface area contributed by atoms with Crippen LogP contribution in [0.3, 0.4) is 0 Å². The normalized spacial score (nSPS) is 22.6. The highest BCUT2D eigenvalue weighted by atomic mass is 33.1. The largest absolute Gasteiger partial charge is 0.508 e. The number of amides is 11. The van der Waals surface area contributed by atoms with Gasteiger partial charge in [-0.15, -0.1) is 0 Å². The van der Waals surface area contributed by atoms with Gasteiger partial charge in [0.05, 0.1) is 19.0 Å². The molecule has 2 aromatic carbocycles. The molecule has 0 radical (unpaired) electrons. The summed E-state index contributed by atoms with van der Waals surface area (Å²) in [6.45, 7) is -0.445. The maximum Gasteiger partial charge on any atom is 0.246 e. The number of guanidine groups is 1. The van der Waals surface area contributed by atoms with Crippen molar-refractivity contribution in [1.82, 2.24) is 42.1 Å². The minimum absolute atomic E-state index is 0.000226. The van der Waals surface area contributed by atoms with Gasteiger partial charge in [0, 0.05) is 43.9 Å². The summed E-state index contributed by atoms with van der Waals surface area (Å²) in [7, 11) is 1.99. The molecule has 4 rings (SSSR count). The Hall–Kier alpha value is -7.66. The third-order valence-electron chi connectivity index (χ3n) is 11.6. The van der Waals surface area contributed by atoms with E-state index in [1.54, 1.807) is 36.4 Å². The monoisotopic (exact) mass is 1080 g/mol. The Balaban J connectivity index is 1.71. The van der Waals surface area contributed by atoms with Crippen LogP contribution in [0.25, 0.3) is 0 Å². The van der Waals surface area contributed by atoms with Crippen molar-refractivity contribution in [2.45, 2.75) is 106 Å². The molecule has 0 aliphatic carbocycles. The summed E-state index contributed by atoms with van der Waals surface area (Å²) in [4.78, 5) is 153. The van der Waals surface area contributed by atoms with Crippen LogP contribution >= 0.6 is 21.6 Å². The standard InChI is InChI=1S/C46H65N15O12S2/c47-27-22-74-75-23-33(45(73)61-16-6-12-34(61)44(72)56-28(11-5-15-53-46(51)52)39(67)54-21-37(50)65)60-43(71)32(20-36(49)64)59-40(68)29(13-14-35(48)63)55-41(69)30(18-24-7-2-1-3-8-24)58-42(70)31(57-38(27)66)19-25-9-4-10-26(62)17-25/h1-4,7-10,17,27-34,62H,5-6,11-16,18-23,47H2,(H2,48,63)(H2,49,64)(H2,50,65)(H,54,67)(H,55,69)(H,56,72)(H,57,66)(H,58,70)(H,59,68)(H,60,71)(H4,51,52,53)/t27-,28-,29-,30+,31-,32+,33-,34-/m1/s1. The highest BCUT2D eigenvalue weighted by Gasteiger charge is 2.40. The van der Waals surface area contributed by atoms with E-state index in [0.29, 0.717) is 17.5 Å². The Labute approximate surface area is 439 Å². The van der Waals surface area contributed by atoms with E-state index in [2.05, 4.69) is 42.2 Å². The van der Waals surface area contributed by atoms with E-state index in [-0.39, 0.29) is 68.4 Å². The Morgan fingerprint density at radius 2 is 1.32 bits per heavy atom. The number of benzene rings is 2. The lowest BCUT2D eigenvalue weighted by Crippen LogP contribution is -2.61. The summed E-state index contributed by atoms with van der Waals surface area (Å²) in [5.41, 5.74) is 34.3. The molecular weight excluding hydrogens is 1020 g/mol. The van der Waals surface area contributed by atoms with E-state index in [1.807, 2.05) is 0 Å². The quantitative estimate of drug-likeness (QED) is 0.0270. The number of carbonyl (C=O) groups excluding carboxylic acids is 11. The topological polar surface area (TPSA) is 464 Å². The zero-order valence-electron chi connectivity index (χ0n) is 40.8. The second kappa shape index (κ2) is 29.9. The van der Waals surface area contributed by atoms with Crippen molar-refractivity contribution < 1.29 is 57.8 Å². The maximum absolute atomic E-state index is 14.6. The summed E-state index contributed by atoms with van der Waals surface area (Å²) >= 11 is 0. The second-order valence-corrected chi connectivity index (χ2v) is 20.2. The first-order chi connectivity index (χ1) is 35.6. The molecule has 0 saturated carbocycles. The van der Waals surface area contributed by atoms with Gasteiger partial charge in [0.25, 0.3) is 0 Å². The molecular formula is C46H65N15O12S2. The number of nitrogens with one attached hydrogen (secondary N) is 7. The molecule has 2 aliphatic rings. The van der Waals surface area contributed by atoms with E-state index in [4.69, 9.17) is 34.4 Å². The predicted molar refractivity (Wildman–Crippen MR) is 276 cm³/mol. The zero-order chi connectivity index (χ0) is 55.2. The molecule has 2 aliphatic heterocycles. The van der Waals surface area contributed by atoms with Crippen molar-refractivity contribution in [2.24, 2.45) is 39.4 Å². The summed E-state index contributed by atoms with van der Waals surface area (Å²) in [5, 5.41) is 27.9. The van der Waals surface area contributed by atoms with Crippen LogP contribution in [0, 0.1) is 0 Å². The van der Waals surface area contributed by atoms with Crippen molar-refractivity contribution >= 4 is 92.5 Å². The minimum atomic E-state index is -1.80. The van der Waals surface area contributed by atoms with Crippen molar-refractivity contribution in [3.05, 3.63) is 65.7 Å². The SMILES string of the molecule is NC(=O)CC[C@H]1NC(=O)[C@H](Cc2ccccc2)NC(=O)[C@@H](Cc2cccc(O)c2)NC(=O)[C@H](N)CSSC[C@H](C(=O)N2CCC[C@@H]2C(=O)N[C@H](CCCN=C(N)N)C(=O)NCC(N)=O)NC(=O)[C@H](CC(N)=O)NC1=O. The van der Waals surface area contributed by atoms with Gasteiger partial charge < -0.3 is 81.6 Å². The van der Waals surface area contributed by atoms with Crippen molar-refractivity contribution in [1.29, 1.82) is 0 Å². The highest BCUT2D eigenvalue weighted by molar-refractivity contribution is 8.76. The molecule has 27 nitrogen and oxygen atoms in total. The van der Waals surface area contributed by atoms with Crippen LogP contribution in [-0.2, 0) is 65.6 Å². The first-order valence-electron chi connectivity index (χ1n) is 23.7. The predicted octanol–water partition coefficient (Wildman–Crippen LogP) is -5.40. The van der Waals surface area contributed by atoms with Crippen LogP contribution in [0.15, 0.2) is 59.6 Å². The van der Waals surface area contributed by atoms with E-state index >= 15 is 0 Å². The van der Waals surface area contributed by atoms with E-state index in [0.717, 1.165) is 21.6 Å². The van der Waals surface area contributed by atoms with Gasteiger partial charge in [-0.1, -0.05) is 64.1 Å². The Kier molecular flexibility index (Phi) is 23.9. The van der Waals surface area contributed by atoms with Crippen LogP contribution in [0.4, 0.5) is 0 Å². The highest BCUT2D eigenvalue weighted by Crippen LogP contribution is 2.26. The lowest BCUT2D eigenvalue weighted by Gasteiger charge is -2.31. The van der Waals surface area contributed by atoms with Gasteiger partial charge in [-0.05, 0) is 55.4 Å². The molecule has 2 heterocycles.